The summed E-state index contributed by atoms with van der Waals surface area (Å²) in [6.45, 7) is 18.4. The number of benzene rings is 2. The Hall–Kier alpha value is -3.42. The third-order valence-corrected chi connectivity index (χ3v) is 9.68. The molecule has 0 N–H and O–H groups in total. The average molecular weight is 753 g/mol. The Balaban J connectivity index is 2.50. The summed E-state index contributed by atoms with van der Waals surface area (Å²) in [4.78, 5) is 55.0. The third kappa shape index (κ3) is 17.8. The molecule has 0 aliphatic heterocycles. The predicted octanol–water partition coefficient (Wildman–Crippen LogP) is 12.3. The SMILES string of the molecule is CC(C)CCCCCOC(=O)c1ccc(C(=O)OCCCCCC(C)C)c2c(C(=O)OCCCCCC(C)C)ccc(C(=O)OCCCCCC(C)C)c12. The monoisotopic (exact) mass is 753 g/mol. The molecule has 0 heterocycles. The Morgan fingerprint density at radius 3 is 0.741 bits per heavy atom. The van der Waals surface area contributed by atoms with E-state index >= 15 is 0 Å². The summed E-state index contributed by atoms with van der Waals surface area (Å²) in [6.07, 6.45) is 15.1. The van der Waals surface area contributed by atoms with Crippen LogP contribution in [-0.4, -0.2) is 50.3 Å². The van der Waals surface area contributed by atoms with Crippen LogP contribution < -0.4 is 0 Å². The van der Waals surface area contributed by atoms with Crippen LogP contribution in [-0.2, 0) is 18.9 Å². The molecule has 8 heteroatoms. The van der Waals surface area contributed by atoms with Gasteiger partial charge in [0.2, 0.25) is 0 Å². The minimum atomic E-state index is -0.632. The molecule has 54 heavy (non-hydrogen) atoms. The van der Waals surface area contributed by atoms with Gasteiger partial charge in [-0.1, -0.05) is 132 Å². The van der Waals surface area contributed by atoms with Crippen molar-refractivity contribution in [1.29, 1.82) is 0 Å². The first-order valence-electron chi connectivity index (χ1n) is 21.1. The van der Waals surface area contributed by atoms with Crippen molar-refractivity contribution in [2.75, 3.05) is 26.4 Å². The lowest BCUT2D eigenvalue weighted by Crippen LogP contribution is -2.17. The molecule has 0 fully saturated rings. The molecule has 2 aromatic carbocycles. The highest BCUT2D eigenvalue weighted by Crippen LogP contribution is 2.33. The van der Waals surface area contributed by atoms with Gasteiger partial charge in [-0.05, 0) is 73.6 Å². The molecule has 0 amide bonds. The van der Waals surface area contributed by atoms with Gasteiger partial charge in [-0.15, -0.1) is 0 Å². The van der Waals surface area contributed by atoms with E-state index in [1.54, 1.807) is 0 Å². The molecule has 0 saturated heterocycles. The van der Waals surface area contributed by atoms with Gasteiger partial charge in [0.15, 0.2) is 0 Å². The number of carbonyl (C=O) groups excluding carboxylic acids is 4. The quantitative estimate of drug-likeness (QED) is 0.0480. The van der Waals surface area contributed by atoms with Gasteiger partial charge >= 0.3 is 23.9 Å². The van der Waals surface area contributed by atoms with E-state index in [1.165, 1.54) is 24.3 Å². The van der Waals surface area contributed by atoms with Gasteiger partial charge in [-0.3, -0.25) is 0 Å². The predicted molar refractivity (Wildman–Crippen MR) is 218 cm³/mol. The Morgan fingerprint density at radius 1 is 0.352 bits per heavy atom. The number of fused-ring (bicyclic) bond motifs is 1. The third-order valence-electron chi connectivity index (χ3n) is 9.68. The second-order valence-electron chi connectivity index (χ2n) is 16.6. The minimum Gasteiger partial charge on any atom is -0.462 e. The Bertz CT molecular complexity index is 1210. The zero-order chi connectivity index (χ0) is 39.9. The van der Waals surface area contributed by atoms with Crippen molar-refractivity contribution in [3.05, 3.63) is 46.5 Å². The normalized spacial score (nSPS) is 11.6. The highest BCUT2D eigenvalue weighted by Gasteiger charge is 2.28. The van der Waals surface area contributed by atoms with Crippen LogP contribution in [0.25, 0.3) is 10.8 Å². The van der Waals surface area contributed by atoms with Crippen LogP contribution in [0.3, 0.4) is 0 Å². The van der Waals surface area contributed by atoms with Crippen LogP contribution >= 0.6 is 0 Å². The van der Waals surface area contributed by atoms with Gasteiger partial charge in [0.1, 0.15) is 0 Å². The van der Waals surface area contributed by atoms with Crippen LogP contribution in [0.15, 0.2) is 24.3 Å². The number of hydrogen-bond acceptors (Lipinski definition) is 8. The standard InChI is InChI=1S/C46H72O8/c1-33(2)21-13-9-17-29-51-43(47)37-25-26-39(45(49)53-31-19-11-15-23-35(5)6)42-40(46(50)54-32-20-12-16-24-36(7)8)28-27-38(41(37)42)44(48)52-30-18-10-14-22-34(3)4/h25-28,33-36H,9-24,29-32H2,1-8H3. The molecule has 304 valence electrons. The minimum absolute atomic E-state index is 0.0876. The van der Waals surface area contributed by atoms with E-state index in [0.29, 0.717) is 49.4 Å². The summed E-state index contributed by atoms with van der Waals surface area (Å²) in [5.41, 5.74) is 0.350. The summed E-state index contributed by atoms with van der Waals surface area (Å²) in [5.74, 6) is -0.0915. The second-order valence-corrected chi connectivity index (χ2v) is 16.6. The van der Waals surface area contributed by atoms with E-state index in [0.717, 1.165) is 77.0 Å². The van der Waals surface area contributed by atoms with E-state index in [-0.39, 0.29) is 59.5 Å². The molecule has 0 aromatic heterocycles. The van der Waals surface area contributed by atoms with Crippen LogP contribution in [0.1, 0.15) is 200 Å². The van der Waals surface area contributed by atoms with Gasteiger partial charge in [-0.25, -0.2) is 19.2 Å². The van der Waals surface area contributed by atoms with Crippen LogP contribution in [0.5, 0.6) is 0 Å². The molecular weight excluding hydrogens is 680 g/mol. The fourth-order valence-corrected chi connectivity index (χ4v) is 6.47. The van der Waals surface area contributed by atoms with Gasteiger partial charge in [0.25, 0.3) is 0 Å². The fourth-order valence-electron chi connectivity index (χ4n) is 6.47. The number of carbonyl (C=O) groups is 4. The lowest BCUT2D eigenvalue weighted by molar-refractivity contribution is 0.0476. The van der Waals surface area contributed by atoms with Crippen molar-refractivity contribution in [3.63, 3.8) is 0 Å². The smallest absolute Gasteiger partial charge is 0.338 e. The molecule has 0 spiro atoms. The molecule has 0 atom stereocenters. The number of hydrogen-bond donors (Lipinski definition) is 0. The highest BCUT2D eigenvalue weighted by atomic mass is 16.5. The van der Waals surface area contributed by atoms with Gasteiger partial charge in [-0.2, -0.15) is 0 Å². The molecule has 0 aliphatic rings. The summed E-state index contributed by atoms with van der Waals surface area (Å²) in [5, 5.41) is 0.282. The molecule has 8 nitrogen and oxygen atoms in total. The summed E-state index contributed by atoms with van der Waals surface area (Å²) < 4.78 is 23.0. The number of rotatable bonds is 28. The van der Waals surface area contributed by atoms with E-state index in [4.69, 9.17) is 18.9 Å². The highest BCUT2D eigenvalue weighted by molar-refractivity contribution is 6.22. The first kappa shape index (κ1) is 46.7. The van der Waals surface area contributed by atoms with Crippen LogP contribution in [0.4, 0.5) is 0 Å². The fraction of sp³-hybridized carbons (Fsp3) is 0.696. The molecule has 0 bridgehead atoms. The molecule has 0 aliphatic carbocycles. The summed E-state index contributed by atoms with van der Waals surface area (Å²) in [7, 11) is 0. The van der Waals surface area contributed by atoms with Crippen LogP contribution in [0, 0.1) is 23.7 Å². The van der Waals surface area contributed by atoms with E-state index < -0.39 is 23.9 Å². The molecule has 2 rings (SSSR count). The number of unbranched alkanes of at least 4 members (excludes halogenated alkanes) is 8. The topological polar surface area (TPSA) is 105 Å². The maximum absolute atomic E-state index is 13.8. The van der Waals surface area contributed by atoms with Crippen molar-refractivity contribution < 1.29 is 38.1 Å². The zero-order valence-corrected chi connectivity index (χ0v) is 35.0. The first-order valence-corrected chi connectivity index (χ1v) is 21.1. The molecule has 0 radical (unpaired) electrons. The Kier molecular flexibility index (Phi) is 22.8. The lowest BCUT2D eigenvalue weighted by Gasteiger charge is -2.17. The van der Waals surface area contributed by atoms with Crippen LogP contribution in [0.2, 0.25) is 0 Å². The Labute approximate surface area is 326 Å². The van der Waals surface area contributed by atoms with E-state index in [1.807, 2.05) is 0 Å². The summed E-state index contributed by atoms with van der Waals surface area (Å²) in [6, 6.07) is 5.98. The average Bonchev–Trinajstić information content (AvgIpc) is 3.12. The van der Waals surface area contributed by atoms with Crippen molar-refractivity contribution in [2.24, 2.45) is 23.7 Å². The van der Waals surface area contributed by atoms with E-state index in [9.17, 15) is 19.2 Å². The van der Waals surface area contributed by atoms with Gasteiger partial charge in [0.05, 0.1) is 48.7 Å². The second kappa shape index (κ2) is 26.4. The van der Waals surface area contributed by atoms with E-state index in [2.05, 4.69) is 55.4 Å². The molecule has 0 unspecified atom stereocenters. The molecule has 2 aromatic rings. The Morgan fingerprint density at radius 2 is 0.556 bits per heavy atom. The van der Waals surface area contributed by atoms with Gasteiger partial charge < -0.3 is 18.9 Å². The van der Waals surface area contributed by atoms with Crippen molar-refractivity contribution in [1.82, 2.24) is 0 Å². The zero-order valence-electron chi connectivity index (χ0n) is 35.0. The maximum atomic E-state index is 13.8. The largest absolute Gasteiger partial charge is 0.462 e. The molecule has 0 saturated carbocycles. The number of esters is 4. The first-order chi connectivity index (χ1) is 25.8. The molecular formula is C46H72O8. The lowest BCUT2D eigenvalue weighted by atomic mass is 9.91. The van der Waals surface area contributed by atoms with Gasteiger partial charge in [0, 0.05) is 10.8 Å². The maximum Gasteiger partial charge on any atom is 0.338 e. The summed E-state index contributed by atoms with van der Waals surface area (Å²) >= 11 is 0. The van der Waals surface area contributed by atoms with Crippen molar-refractivity contribution in [3.8, 4) is 0 Å². The number of ether oxygens (including phenoxy) is 4. The van der Waals surface area contributed by atoms with Crippen molar-refractivity contribution >= 4 is 34.6 Å². The van der Waals surface area contributed by atoms with Crippen molar-refractivity contribution in [2.45, 2.75) is 158 Å².